The maximum atomic E-state index is 13.6. The van der Waals surface area contributed by atoms with Gasteiger partial charge in [0.15, 0.2) is 5.82 Å². The number of hydrogen-bond acceptors (Lipinski definition) is 10. The first-order valence-corrected chi connectivity index (χ1v) is 16.8. The first-order valence-electron chi connectivity index (χ1n) is 15.3. The van der Waals surface area contributed by atoms with E-state index in [2.05, 4.69) is 25.4 Å². The lowest BCUT2D eigenvalue weighted by Crippen LogP contribution is -2.41. The van der Waals surface area contributed by atoms with Crippen molar-refractivity contribution in [1.29, 1.82) is 0 Å². The molecule has 3 aromatic heterocycles. The quantitative estimate of drug-likeness (QED) is 0.366. The second-order valence-electron chi connectivity index (χ2n) is 12.7. The van der Waals surface area contributed by atoms with Gasteiger partial charge in [0.25, 0.3) is 15.9 Å². The average molecular weight is 663 g/mol. The zero-order valence-corrected chi connectivity index (χ0v) is 26.4. The van der Waals surface area contributed by atoms with Crippen LogP contribution in [0, 0.1) is 5.41 Å². The summed E-state index contributed by atoms with van der Waals surface area (Å²) in [5.41, 5.74) is -2.06. The highest BCUT2D eigenvalue weighted by Gasteiger charge is 2.62. The molecular formula is C30H37F3N8O4S. The molecule has 1 amide bonds. The number of alkyl halides is 3. The number of halogens is 3. The minimum atomic E-state index is -4.26. The van der Waals surface area contributed by atoms with Crippen molar-refractivity contribution in [1.82, 2.24) is 29.8 Å². The summed E-state index contributed by atoms with van der Waals surface area (Å²) in [6.07, 6.45) is 1.13. The van der Waals surface area contributed by atoms with Crippen LogP contribution in [-0.4, -0.2) is 78.1 Å². The molecule has 0 spiro atoms. The number of rotatable bonds is 5. The lowest BCUT2D eigenvalue weighted by Gasteiger charge is -2.33. The number of pyridine rings is 2. The predicted octanol–water partition coefficient (Wildman–Crippen LogP) is 4.05. The zero-order chi connectivity index (χ0) is 32.7. The van der Waals surface area contributed by atoms with E-state index in [9.17, 15) is 26.4 Å². The fourth-order valence-electron chi connectivity index (χ4n) is 6.05. The normalized spacial score (nSPS) is 22.2. The number of nitrogens with one attached hydrogen (secondary N) is 3. The number of amides is 1. The minimum Gasteiger partial charge on any atom is -0.477 e. The van der Waals surface area contributed by atoms with Crippen molar-refractivity contribution in [3.63, 3.8) is 0 Å². The van der Waals surface area contributed by atoms with Gasteiger partial charge in [-0.05, 0) is 83.2 Å². The molecule has 3 aliphatic heterocycles. The summed E-state index contributed by atoms with van der Waals surface area (Å²) in [7, 11) is -4.25. The molecule has 3 N–H and O–H groups in total. The molecule has 0 aromatic carbocycles. The van der Waals surface area contributed by atoms with Gasteiger partial charge in [0, 0.05) is 43.1 Å². The first kappa shape index (κ1) is 32.0. The Balaban J connectivity index is 1.29. The Morgan fingerprint density at radius 1 is 1.09 bits per heavy atom. The molecule has 248 valence electrons. The smallest absolute Gasteiger partial charge is 0.394 e. The van der Waals surface area contributed by atoms with E-state index in [0.717, 1.165) is 25.8 Å². The van der Waals surface area contributed by atoms with Crippen LogP contribution < -0.4 is 25.0 Å². The van der Waals surface area contributed by atoms with Crippen molar-refractivity contribution >= 4 is 27.6 Å². The summed E-state index contributed by atoms with van der Waals surface area (Å²) < 4.78 is 75.4. The number of anilines is 2. The van der Waals surface area contributed by atoms with Crippen molar-refractivity contribution in [3.8, 4) is 11.7 Å². The highest BCUT2D eigenvalue weighted by Crippen LogP contribution is 2.59. The Morgan fingerprint density at radius 2 is 1.87 bits per heavy atom. The first-order chi connectivity index (χ1) is 21.8. The van der Waals surface area contributed by atoms with Gasteiger partial charge in [-0.3, -0.25) is 4.79 Å². The lowest BCUT2D eigenvalue weighted by atomic mass is 9.99. The molecule has 1 unspecified atom stereocenters. The van der Waals surface area contributed by atoms with E-state index < -0.39 is 33.1 Å². The van der Waals surface area contributed by atoms with E-state index in [1.165, 1.54) is 35.1 Å². The molecule has 1 saturated carbocycles. The van der Waals surface area contributed by atoms with E-state index in [0.29, 0.717) is 24.7 Å². The molecule has 46 heavy (non-hydrogen) atoms. The number of carbonyl (C=O) groups is 1. The summed E-state index contributed by atoms with van der Waals surface area (Å²) >= 11 is 0. The summed E-state index contributed by atoms with van der Waals surface area (Å²) in [6, 6.07) is 7.58. The standard InChI is InChI=1S/C30H37F3N8O4S/c1-28(2)17-20-19-40(28)26-22(27(42)39-46(43,44)21-5-7-23(36-18-21)35-14-4-3-13-34-20)6-8-24(37-26)41-15-9-25(38-41)45-16-12-29(10-11-29)30(31,32)33/h5-9,15,18,20,34H,3-4,10-14,16-17,19H2,1-2H3,(H,35,36)(H,39,42). The molecule has 1 atom stereocenters. The summed E-state index contributed by atoms with van der Waals surface area (Å²) in [5, 5.41) is 11.1. The monoisotopic (exact) mass is 662 g/mol. The maximum Gasteiger partial charge on any atom is 0.394 e. The second kappa shape index (κ2) is 12.0. The predicted molar refractivity (Wildman–Crippen MR) is 164 cm³/mol. The van der Waals surface area contributed by atoms with E-state index in [1.807, 2.05) is 18.7 Å². The fraction of sp³-hybridized carbons (Fsp3) is 0.533. The van der Waals surface area contributed by atoms with Crippen molar-refractivity contribution in [3.05, 3.63) is 48.3 Å². The fourth-order valence-corrected chi connectivity index (χ4v) is 6.96. The Bertz CT molecular complexity index is 1690. The third-order valence-corrected chi connectivity index (χ3v) is 10.3. The van der Waals surface area contributed by atoms with Crippen LogP contribution in [0.3, 0.4) is 0 Å². The molecule has 12 nitrogen and oxygen atoms in total. The zero-order valence-electron chi connectivity index (χ0n) is 25.6. The highest BCUT2D eigenvalue weighted by molar-refractivity contribution is 7.90. The van der Waals surface area contributed by atoms with Crippen LogP contribution in [0.4, 0.5) is 24.8 Å². The number of fused-ring (bicyclic) bond motifs is 9. The van der Waals surface area contributed by atoms with Crippen molar-refractivity contribution < 1.29 is 31.1 Å². The van der Waals surface area contributed by atoms with Gasteiger partial charge in [-0.2, -0.15) is 13.2 Å². The topological polar surface area (TPSA) is 143 Å². The molecule has 4 aliphatic rings. The summed E-state index contributed by atoms with van der Waals surface area (Å²) in [6.45, 7) is 5.93. The second-order valence-corrected chi connectivity index (χ2v) is 14.4. The van der Waals surface area contributed by atoms with Gasteiger partial charge in [0.2, 0.25) is 5.88 Å². The van der Waals surface area contributed by atoms with E-state index in [1.54, 1.807) is 12.3 Å². The van der Waals surface area contributed by atoms with Crippen LogP contribution in [0.5, 0.6) is 5.88 Å². The highest BCUT2D eigenvalue weighted by atomic mass is 32.2. The third kappa shape index (κ3) is 6.63. The number of nitrogens with zero attached hydrogens (tertiary/aromatic N) is 5. The SMILES string of the molecule is CC1(C)CC2CN1c1nc(-n3ccc(OCCC4(C(F)(F)F)CC4)n3)ccc1C(=O)NS(=O)(=O)c1ccc(nc1)NCCCCN2. The molecule has 7 rings (SSSR count). The molecule has 1 aliphatic carbocycles. The van der Waals surface area contributed by atoms with Gasteiger partial charge in [0.05, 0.1) is 17.6 Å². The van der Waals surface area contributed by atoms with Crippen LogP contribution in [-0.2, 0) is 10.0 Å². The molecule has 3 aromatic rings. The average Bonchev–Trinajstić information content (AvgIpc) is 3.55. The van der Waals surface area contributed by atoms with Gasteiger partial charge < -0.3 is 20.3 Å². The molecular weight excluding hydrogens is 625 g/mol. The number of aromatic nitrogens is 4. The van der Waals surface area contributed by atoms with E-state index in [4.69, 9.17) is 9.72 Å². The maximum absolute atomic E-state index is 13.6. The Kier molecular flexibility index (Phi) is 8.38. The van der Waals surface area contributed by atoms with Crippen molar-refractivity contribution in [2.24, 2.45) is 5.41 Å². The molecule has 4 bridgehead atoms. The Labute approximate surface area is 265 Å². The van der Waals surface area contributed by atoms with Crippen LogP contribution in [0.15, 0.2) is 47.6 Å². The Hall–Kier alpha value is -3.92. The van der Waals surface area contributed by atoms with E-state index >= 15 is 0 Å². The molecule has 6 heterocycles. The van der Waals surface area contributed by atoms with Crippen LogP contribution in [0.1, 0.15) is 62.7 Å². The number of sulfonamides is 1. The third-order valence-electron chi connectivity index (χ3n) is 8.94. The number of hydrogen-bond donors (Lipinski definition) is 3. The molecule has 0 radical (unpaired) electrons. The molecule has 1 saturated heterocycles. The van der Waals surface area contributed by atoms with Crippen LogP contribution in [0.25, 0.3) is 5.82 Å². The molecule has 2 fully saturated rings. The van der Waals surface area contributed by atoms with Crippen LogP contribution >= 0.6 is 0 Å². The van der Waals surface area contributed by atoms with Gasteiger partial charge in [-0.15, -0.1) is 5.10 Å². The van der Waals surface area contributed by atoms with Gasteiger partial charge in [0.1, 0.15) is 16.5 Å². The van der Waals surface area contributed by atoms with Gasteiger partial charge in [-0.1, -0.05) is 0 Å². The molecule has 16 heteroatoms. The minimum absolute atomic E-state index is 0.0546. The van der Waals surface area contributed by atoms with Gasteiger partial charge >= 0.3 is 6.18 Å². The van der Waals surface area contributed by atoms with Crippen molar-refractivity contribution in [2.75, 3.05) is 36.5 Å². The lowest BCUT2D eigenvalue weighted by molar-refractivity contribution is -0.190. The van der Waals surface area contributed by atoms with Crippen molar-refractivity contribution in [2.45, 2.75) is 75.0 Å². The Morgan fingerprint density at radius 3 is 2.59 bits per heavy atom. The number of ether oxygens (including phenoxy) is 1. The summed E-state index contributed by atoms with van der Waals surface area (Å²) in [5.74, 6) is 0.419. The summed E-state index contributed by atoms with van der Waals surface area (Å²) in [4.78, 5) is 24.4. The van der Waals surface area contributed by atoms with Gasteiger partial charge in [-0.25, -0.2) is 27.8 Å². The number of carbonyl (C=O) groups excluding carboxylic acids is 1. The van der Waals surface area contributed by atoms with Crippen LogP contribution in [0.2, 0.25) is 0 Å². The largest absolute Gasteiger partial charge is 0.477 e. The van der Waals surface area contributed by atoms with E-state index in [-0.39, 0.29) is 54.1 Å².